The van der Waals surface area contributed by atoms with Gasteiger partial charge < -0.3 is 14.6 Å². The fourth-order valence-electron chi connectivity index (χ4n) is 2.76. The lowest BCUT2D eigenvalue weighted by Gasteiger charge is -2.27. The van der Waals surface area contributed by atoms with Crippen molar-refractivity contribution in [3.8, 4) is 0 Å². The van der Waals surface area contributed by atoms with Crippen LogP contribution >= 0.6 is 0 Å². The first-order valence-corrected chi connectivity index (χ1v) is 8.02. The van der Waals surface area contributed by atoms with Gasteiger partial charge in [-0.15, -0.1) is 0 Å². The minimum atomic E-state index is -0.954. The number of hydrogen-bond donors (Lipinski definition) is 2. The lowest BCUT2D eigenvalue weighted by Crippen LogP contribution is -2.25. The highest BCUT2D eigenvalue weighted by molar-refractivity contribution is 5.84. The quantitative estimate of drug-likeness (QED) is 0.796. The number of rotatable bonds is 7. The van der Waals surface area contributed by atoms with Crippen LogP contribution in [0.1, 0.15) is 25.7 Å². The molecule has 0 atom stereocenters. The first-order valence-electron chi connectivity index (χ1n) is 8.02. The predicted octanol–water partition coefficient (Wildman–Crippen LogP) is 3.28. The topological polar surface area (TPSA) is 84.9 Å². The van der Waals surface area contributed by atoms with Crippen molar-refractivity contribution < 1.29 is 28.6 Å². The molecule has 2 rings (SSSR count). The number of carbonyl (C=O) groups is 2. The number of aliphatic carboxylic acids is 1. The average molecular weight is 339 g/mol. The molecule has 0 aromatic heterocycles. The third-order valence-corrected chi connectivity index (χ3v) is 4.09. The normalized spacial score (nSPS) is 20.4. The van der Waals surface area contributed by atoms with E-state index in [0.717, 1.165) is 25.7 Å². The second kappa shape index (κ2) is 9.22. The molecule has 1 fully saturated rings. The van der Waals surface area contributed by atoms with Crippen molar-refractivity contribution in [3.63, 3.8) is 0 Å². The molecule has 1 aromatic rings. The smallest absolute Gasteiger partial charge is 0.411 e. The highest BCUT2D eigenvalue weighted by Crippen LogP contribution is 2.29. The van der Waals surface area contributed by atoms with Gasteiger partial charge in [0.1, 0.15) is 12.4 Å². The molecule has 1 aliphatic rings. The van der Waals surface area contributed by atoms with Crippen LogP contribution in [-0.2, 0) is 14.3 Å². The fourth-order valence-corrected chi connectivity index (χ4v) is 2.76. The Labute approximate surface area is 139 Å². The van der Waals surface area contributed by atoms with E-state index in [-0.39, 0.29) is 12.4 Å². The Kier molecular flexibility index (Phi) is 6.99. The maximum absolute atomic E-state index is 12.8. The molecule has 1 amide bonds. The Morgan fingerprint density at radius 1 is 1.08 bits per heavy atom. The van der Waals surface area contributed by atoms with Gasteiger partial charge in [0.15, 0.2) is 0 Å². The first kappa shape index (κ1) is 18.2. The summed E-state index contributed by atoms with van der Waals surface area (Å²) in [7, 11) is 0. The third kappa shape index (κ3) is 6.54. The first-order chi connectivity index (χ1) is 11.5. The Morgan fingerprint density at radius 2 is 1.67 bits per heavy atom. The number of amides is 1. The maximum atomic E-state index is 12.8. The van der Waals surface area contributed by atoms with Gasteiger partial charge in [0.05, 0.1) is 13.2 Å². The second-order valence-corrected chi connectivity index (χ2v) is 6.03. The molecule has 0 spiro atoms. The van der Waals surface area contributed by atoms with Gasteiger partial charge >= 0.3 is 12.1 Å². The van der Waals surface area contributed by atoms with E-state index < -0.39 is 12.1 Å². The van der Waals surface area contributed by atoms with Crippen LogP contribution in [0.2, 0.25) is 0 Å². The van der Waals surface area contributed by atoms with Gasteiger partial charge in [-0.2, -0.15) is 0 Å². The largest absolute Gasteiger partial charge is 0.480 e. The van der Waals surface area contributed by atoms with Crippen LogP contribution in [-0.4, -0.2) is 37.0 Å². The number of carbonyl (C=O) groups excluding carboxylic acids is 1. The summed E-state index contributed by atoms with van der Waals surface area (Å²) in [5, 5.41) is 11.1. The van der Waals surface area contributed by atoms with Crippen LogP contribution in [0.15, 0.2) is 24.3 Å². The molecule has 0 bridgehead atoms. The SMILES string of the molecule is O=C(O)COC[C@H]1CC[C@H](COC(=O)Nc2ccc(F)cc2)CC1. The standard InChI is InChI=1S/C17H22FNO5/c18-14-5-7-15(8-6-14)19-17(22)24-10-13-3-1-12(2-4-13)9-23-11-16(20)21/h5-8,12-13H,1-4,9-11H2,(H,19,22)(H,20,21)/t12-,13-. The number of anilines is 1. The Morgan fingerprint density at radius 3 is 2.25 bits per heavy atom. The van der Waals surface area contributed by atoms with Crippen LogP contribution in [0.25, 0.3) is 0 Å². The fraction of sp³-hybridized carbons (Fsp3) is 0.529. The van der Waals surface area contributed by atoms with Crippen LogP contribution in [0.5, 0.6) is 0 Å². The van der Waals surface area contributed by atoms with Crippen molar-refractivity contribution in [3.05, 3.63) is 30.1 Å². The molecule has 132 valence electrons. The summed E-state index contributed by atoms with van der Waals surface area (Å²) >= 11 is 0. The zero-order valence-corrected chi connectivity index (χ0v) is 13.4. The maximum Gasteiger partial charge on any atom is 0.411 e. The highest BCUT2D eigenvalue weighted by Gasteiger charge is 2.22. The number of hydrogen-bond acceptors (Lipinski definition) is 4. The number of halogens is 1. The second-order valence-electron chi connectivity index (χ2n) is 6.03. The molecule has 7 heteroatoms. The Hall–Kier alpha value is -2.15. The van der Waals surface area contributed by atoms with Crippen LogP contribution in [0, 0.1) is 17.7 Å². The molecule has 1 saturated carbocycles. The molecule has 24 heavy (non-hydrogen) atoms. The molecule has 1 aliphatic carbocycles. The van der Waals surface area contributed by atoms with Crippen molar-refractivity contribution >= 4 is 17.7 Å². The predicted molar refractivity (Wildman–Crippen MR) is 85.3 cm³/mol. The molecule has 0 aliphatic heterocycles. The van der Waals surface area contributed by atoms with Gasteiger partial charge in [-0.25, -0.2) is 14.0 Å². The summed E-state index contributed by atoms with van der Waals surface area (Å²) in [4.78, 5) is 22.1. The minimum Gasteiger partial charge on any atom is -0.480 e. The van der Waals surface area contributed by atoms with Gasteiger partial charge in [0.25, 0.3) is 0 Å². The van der Waals surface area contributed by atoms with Gasteiger partial charge in [-0.1, -0.05) is 0 Å². The van der Waals surface area contributed by atoms with E-state index in [1.165, 1.54) is 24.3 Å². The van der Waals surface area contributed by atoms with Gasteiger partial charge in [0, 0.05) is 5.69 Å². The van der Waals surface area contributed by atoms with Crippen LogP contribution in [0.3, 0.4) is 0 Å². The van der Waals surface area contributed by atoms with Crippen molar-refractivity contribution in [2.45, 2.75) is 25.7 Å². The van der Waals surface area contributed by atoms with Crippen molar-refractivity contribution in [1.29, 1.82) is 0 Å². The van der Waals surface area contributed by atoms with Crippen LogP contribution < -0.4 is 5.32 Å². The summed E-state index contributed by atoms with van der Waals surface area (Å²) in [5.74, 6) is -0.643. The molecular weight excluding hydrogens is 317 g/mol. The summed E-state index contributed by atoms with van der Waals surface area (Å²) in [6.07, 6.45) is 3.17. The van der Waals surface area contributed by atoms with E-state index in [1.807, 2.05) is 0 Å². The molecule has 6 nitrogen and oxygen atoms in total. The Balaban J connectivity index is 1.60. The van der Waals surface area contributed by atoms with Gasteiger partial charge in [-0.3, -0.25) is 5.32 Å². The molecule has 0 saturated heterocycles. The number of nitrogens with one attached hydrogen (secondary N) is 1. The Bertz CT molecular complexity index is 540. The van der Waals surface area contributed by atoms with E-state index in [2.05, 4.69) is 5.32 Å². The van der Waals surface area contributed by atoms with E-state index in [9.17, 15) is 14.0 Å². The van der Waals surface area contributed by atoms with E-state index in [0.29, 0.717) is 30.7 Å². The summed E-state index contributed by atoms with van der Waals surface area (Å²) in [6, 6.07) is 5.48. The number of carboxylic acid groups (broad SMARTS) is 1. The molecule has 0 heterocycles. The van der Waals surface area contributed by atoms with Gasteiger partial charge in [0.2, 0.25) is 0 Å². The molecule has 0 radical (unpaired) electrons. The van der Waals surface area contributed by atoms with Crippen LogP contribution in [0.4, 0.5) is 14.9 Å². The number of carboxylic acids is 1. The number of ether oxygens (including phenoxy) is 2. The van der Waals surface area contributed by atoms with Crippen molar-refractivity contribution in [2.24, 2.45) is 11.8 Å². The zero-order valence-electron chi connectivity index (χ0n) is 13.4. The van der Waals surface area contributed by atoms with Gasteiger partial charge in [-0.05, 0) is 61.8 Å². The van der Waals surface area contributed by atoms with E-state index in [1.54, 1.807) is 0 Å². The number of benzene rings is 1. The van der Waals surface area contributed by atoms with E-state index in [4.69, 9.17) is 14.6 Å². The van der Waals surface area contributed by atoms with E-state index >= 15 is 0 Å². The summed E-state index contributed by atoms with van der Waals surface area (Å²) < 4.78 is 23.1. The molecule has 2 N–H and O–H groups in total. The highest BCUT2D eigenvalue weighted by atomic mass is 19.1. The lowest BCUT2D eigenvalue weighted by atomic mass is 9.83. The van der Waals surface area contributed by atoms with Crippen molar-refractivity contribution in [1.82, 2.24) is 0 Å². The summed E-state index contributed by atoms with van der Waals surface area (Å²) in [5.41, 5.74) is 0.487. The minimum absolute atomic E-state index is 0.257. The van der Waals surface area contributed by atoms with Crippen molar-refractivity contribution in [2.75, 3.05) is 25.1 Å². The monoisotopic (exact) mass is 339 g/mol. The lowest BCUT2D eigenvalue weighted by molar-refractivity contribution is -0.142. The zero-order chi connectivity index (χ0) is 17.4. The average Bonchev–Trinajstić information content (AvgIpc) is 2.56. The summed E-state index contributed by atoms with van der Waals surface area (Å²) in [6.45, 7) is 0.549. The third-order valence-electron chi connectivity index (χ3n) is 4.09. The molecular formula is C17H22FNO5. The molecule has 0 unspecified atom stereocenters. The molecule has 1 aromatic carbocycles.